The van der Waals surface area contributed by atoms with E-state index < -0.39 is 0 Å². The summed E-state index contributed by atoms with van der Waals surface area (Å²) in [6, 6.07) is 0. The molecule has 0 nitrogen and oxygen atoms in total. The molecule has 0 radical (unpaired) electrons. The van der Waals surface area contributed by atoms with Crippen molar-refractivity contribution in [2.45, 2.75) is 13.1 Å². The van der Waals surface area contributed by atoms with Crippen molar-refractivity contribution in [3.63, 3.8) is 0 Å². The predicted octanol–water partition coefficient (Wildman–Crippen LogP) is 1.65. The molecule has 0 rings (SSSR count). The molecule has 28 valence electrons. The van der Waals surface area contributed by atoms with Crippen LogP contribution in [0.5, 0.6) is 0 Å². The summed E-state index contributed by atoms with van der Waals surface area (Å²) in [4.78, 5) is 0. The Hall–Kier alpha value is 0.427. The van der Waals surface area contributed by atoms with E-state index in [0.29, 0.717) is 0 Å². The van der Waals surface area contributed by atoms with E-state index >= 15 is 0 Å². The van der Waals surface area contributed by atoms with Crippen LogP contribution in [-0.4, -0.2) is 8.80 Å². The molecule has 0 amide bonds. The van der Waals surface area contributed by atoms with Crippen LogP contribution in [-0.2, 0) is 0 Å². The maximum absolute atomic E-state index is 3.81. The minimum atomic E-state index is -0.260. The molecular formula is C3H6PSi-. The summed E-state index contributed by atoms with van der Waals surface area (Å²) in [6.45, 7) is 4.27. The number of hydrogen-bond donors (Lipinski definition) is 0. The summed E-state index contributed by atoms with van der Waals surface area (Å²) in [5, 5.41) is 2.82. The van der Waals surface area contributed by atoms with Gasteiger partial charge in [0.15, 0.2) is 0 Å². The molecule has 0 aliphatic carbocycles. The molecular weight excluding hydrogens is 95.1 g/mol. The summed E-state index contributed by atoms with van der Waals surface area (Å²) in [5.41, 5.74) is 0. The Kier molecular flexibility index (Phi) is 2.88. The first-order valence-corrected chi connectivity index (χ1v) is 4.42. The predicted molar refractivity (Wildman–Crippen MR) is 28.3 cm³/mol. The SMILES string of the molecule is C[Si-](C)C#P. The summed E-state index contributed by atoms with van der Waals surface area (Å²) in [5.74, 6) is 0. The Morgan fingerprint density at radius 1 is 1.60 bits per heavy atom. The average molecular weight is 101 g/mol. The van der Waals surface area contributed by atoms with E-state index in [4.69, 9.17) is 0 Å². The van der Waals surface area contributed by atoms with Gasteiger partial charge in [-0.25, -0.2) is 0 Å². The van der Waals surface area contributed by atoms with E-state index in [1.54, 1.807) is 0 Å². The van der Waals surface area contributed by atoms with Crippen molar-refractivity contribution in [3.8, 4) is 5.25 Å². The molecule has 0 heterocycles. The Balaban J connectivity index is 2.94. The fraction of sp³-hybridized carbons (Fsp3) is 0.667. The molecule has 0 aromatic carbocycles. The molecule has 0 spiro atoms. The molecule has 0 fully saturated rings. The zero-order chi connectivity index (χ0) is 4.28. The van der Waals surface area contributed by atoms with Gasteiger partial charge in [-0.05, 0) is 0 Å². The van der Waals surface area contributed by atoms with Gasteiger partial charge in [0, 0.05) is 0 Å². The molecule has 0 unspecified atom stereocenters. The van der Waals surface area contributed by atoms with Crippen LogP contribution < -0.4 is 0 Å². The third kappa shape index (κ3) is 4.43. The van der Waals surface area contributed by atoms with E-state index in [2.05, 4.69) is 27.0 Å². The zero-order valence-corrected chi connectivity index (χ0v) is 5.34. The molecule has 0 aliphatic heterocycles. The van der Waals surface area contributed by atoms with Gasteiger partial charge in [-0.2, -0.15) is 0 Å². The van der Waals surface area contributed by atoms with Crippen molar-refractivity contribution in [1.82, 2.24) is 0 Å². The molecule has 0 saturated carbocycles. The molecule has 0 saturated heterocycles. The van der Waals surface area contributed by atoms with E-state index in [0.717, 1.165) is 0 Å². The van der Waals surface area contributed by atoms with Gasteiger partial charge in [-0.15, -0.1) is 0 Å². The van der Waals surface area contributed by atoms with Crippen LogP contribution in [0.4, 0.5) is 0 Å². The van der Waals surface area contributed by atoms with Crippen molar-refractivity contribution >= 4 is 17.5 Å². The monoisotopic (exact) mass is 101 g/mol. The second kappa shape index (κ2) is 2.65. The molecule has 0 atom stereocenters. The van der Waals surface area contributed by atoms with Gasteiger partial charge in [0.2, 0.25) is 0 Å². The van der Waals surface area contributed by atoms with E-state index in [9.17, 15) is 0 Å². The Morgan fingerprint density at radius 2 is 1.80 bits per heavy atom. The van der Waals surface area contributed by atoms with E-state index in [1.165, 1.54) is 0 Å². The standard InChI is InChI=1S/C3H6PSi/c1-5(2)3-4/h1-2H3/q-1. The summed E-state index contributed by atoms with van der Waals surface area (Å²) >= 11 is 0. The Bertz CT molecular complexity index is 52.4. The normalized spacial score (nSPS) is 7.60. The van der Waals surface area contributed by atoms with Crippen LogP contribution in [0.2, 0.25) is 13.1 Å². The summed E-state index contributed by atoms with van der Waals surface area (Å²) in [6.07, 6.45) is 0. The topological polar surface area (TPSA) is 0 Å². The van der Waals surface area contributed by atoms with Crippen LogP contribution in [0.3, 0.4) is 0 Å². The van der Waals surface area contributed by atoms with Crippen LogP contribution in [0.1, 0.15) is 0 Å². The molecule has 0 bridgehead atoms. The van der Waals surface area contributed by atoms with E-state index in [-0.39, 0.29) is 8.80 Å². The second-order valence-electron chi connectivity index (χ2n) is 1.11. The van der Waals surface area contributed by atoms with E-state index in [1.807, 2.05) is 0 Å². The molecule has 0 aromatic heterocycles. The molecule has 2 heteroatoms. The van der Waals surface area contributed by atoms with Crippen LogP contribution in [0.25, 0.3) is 0 Å². The van der Waals surface area contributed by atoms with Gasteiger partial charge >= 0.3 is 35.8 Å². The van der Waals surface area contributed by atoms with Crippen LogP contribution in [0, 0.1) is 5.25 Å². The first-order chi connectivity index (χ1) is 2.27. The van der Waals surface area contributed by atoms with Gasteiger partial charge < -0.3 is 0 Å². The first-order valence-electron chi connectivity index (χ1n) is 1.47. The van der Waals surface area contributed by atoms with Gasteiger partial charge in [-0.3, -0.25) is 0 Å². The Morgan fingerprint density at radius 3 is 1.80 bits per heavy atom. The summed E-state index contributed by atoms with van der Waals surface area (Å²) < 4.78 is 0. The van der Waals surface area contributed by atoms with Gasteiger partial charge in [0.05, 0.1) is 0 Å². The van der Waals surface area contributed by atoms with Crippen molar-refractivity contribution < 1.29 is 0 Å². The van der Waals surface area contributed by atoms with Crippen molar-refractivity contribution in [1.29, 1.82) is 0 Å². The van der Waals surface area contributed by atoms with Crippen molar-refractivity contribution in [2.75, 3.05) is 0 Å². The van der Waals surface area contributed by atoms with Gasteiger partial charge in [0.1, 0.15) is 0 Å². The fourth-order valence-corrected chi connectivity index (χ4v) is 0. The van der Waals surface area contributed by atoms with Gasteiger partial charge in [0.25, 0.3) is 0 Å². The number of rotatable bonds is 0. The third-order valence-corrected chi connectivity index (χ3v) is 2.01. The quantitative estimate of drug-likeness (QED) is 0.321. The molecule has 0 aliphatic rings. The van der Waals surface area contributed by atoms with Gasteiger partial charge in [-0.1, -0.05) is 0 Å². The fourth-order valence-electron chi connectivity index (χ4n) is 0. The average Bonchev–Trinajstić information content (AvgIpc) is 1.38. The zero-order valence-electron chi connectivity index (χ0n) is 3.45. The van der Waals surface area contributed by atoms with Crippen molar-refractivity contribution in [2.24, 2.45) is 0 Å². The third-order valence-electron chi connectivity index (χ3n) is 0.224. The van der Waals surface area contributed by atoms with Crippen LogP contribution in [0.15, 0.2) is 0 Å². The molecule has 0 N–H and O–H groups in total. The maximum atomic E-state index is 3.81. The Labute approximate surface area is 36.7 Å². The summed E-state index contributed by atoms with van der Waals surface area (Å²) in [7, 11) is 3.55. The molecule has 5 heavy (non-hydrogen) atoms. The minimum absolute atomic E-state index is 0.260. The van der Waals surface area contributed by atoms with Crippen LogP contribution >= 0.6 is 8.70 Å². The first kappa shape index (κ1) is 5.43. The van der Waals surface area contributed by atoms with Crippen molar-refractivity contribution in [3.05, 3.63) is 0 Å². The second-order valence-corrected chi connectivity index (χ2v) is 4.01. The number of hydrogen-bond acceptors (Lipinski definition) is 0. The molecule has 0 aromatic rings.